The molecular formula is C12H13N3O4. The number of methoxy groups -OCH3 is 1. The van der Waals surface area contributed by atoms with E-state index in [-0.39, 0.29) is 17.1 Å². The van der Waals surface area contributed by atoms with Crippen molar-refractivity contribution in [2.45, 2.75) is 6.42 Å². The van der Waals surface area contributed by atoms with E-state index in [0.29, 0.717) is 18.9 Å². The lowest BCUT2D eigenvalue weighted by molar-refractivity contribution is 0.0950. The van der Waals surface area contributed by atoms with Crippen LogP contribution in [0.4, 0.5) is 0 Å². The molecule has 100 valence electrons. The number of benzene rings is 1. The Labute approximate surface area is 109 Å². The molecule has 1 amide bonds. The quantitative estimate of drug-likeness (QED) is 0.826. The van der Waals surface area contributed by atoms with Gasteiger partial charge in [0.2, 0.25) is 5.89 Å². The predicted molar refractivity (Wildman–Crippen MR) is 65.0 cm³/mol. The molecular weight excluding hydrogens is 250 g/mol. The molecule has 2 N–H and O–H groups in total. The van der Waals surface area contributed by atoms with Crippen molar-refractivity contribution in [2.75, 3.05) is 13.7 Å². The van der Waals surface area contributed by atoms with Gasteiger partial charge < -0.3 is 19.7 Å². The Balaban J connectivity index is 1.96. The number of hydrogen-bond donors (Lipinski definition) is 2. The summed E-state index contributed by atoms with van der Waals surface area (Å²) in [4.78, 5) is 15.7. The first-order chi connectivity index (χ1) is 9.22. The number of phenols is 1. The van der Waals surface area contributed by atoms with E-state index in [2.05, 4.69) is 15.5 Å². The SMILES string of the molecule is COc1cccc(C(=O)NCCc2ncno2)c1O. The average molecular weight is 263 g/mol. The van der Waals surface area contributed by atoms with Crippen LogP contribution in [0.3, 0.4) is 0 Å². The first kappa shape index (κ1) is 12.9. The topological polar surface area (TPSA) is 97.5 Å². The van der Waals surface area contributed by atoms with E-state index in [4.69, 9.17) is 9.26 Å². The van der Waals surface area contributed by atoms with E-state index in [1.54, 1.807) is 12.1 Å². The number of carbonyl (C=O) groups is 1. The minimum Gasteiger partial charge on any atom is -0.504 e. The summed E-state index contributed by atoms with van der Waals surface area (Å²) >= 11 is 0. The number of aromatic nitrogens is 2. The molecule has 1 aromatic heterocycles. The smallest absolute Gasteiger partial charge is 0.255 e. The lowest BCUT2D eigenvalue weighted by atomic mass is 10.1. The molecule has 0 atom stereocenters. The van der Waals surface area contributed by atoms with E-state index in [0.717, 1.165) is 0 Å². The fraction of sp³-hybridized carbons (Fsp3) is 0.250. The number of hydrogen-bond acceptors (Lipinski definition) is 6. The fourth-order valence-corrected chi connectivity index (χ4v) is 1.55. The Bertz CT molecular complexity index is 554. The molecule has 0 bridgehead atoms. The van der Waals surface area contributed by atoms with Gasteiger partial charge in [0.15, 0.2) is 17.8 Å². The maximum atomic E-state index is 11.9. The molecule has 19 heavy (non-hydrogen) atoms. The van der Waals surface area contributed by atoms with Gasteiger partial charge in [0.05, 0.1) is 12.7 Å². The molecule has 0 spiro atoms. The molecule has 0 unspecified atom stereocenters. The Morgan fingerprint density at radius 1 is 1.53 bits per heavy atom. The van der Waals surface area contributed by atoms with E-state index < -0.39 is 5.91 Å². The van der Waals surface area contributed by atoms with Gasteiger partial charge in [-0.1, -0.05) is 11.2 Å². The molecule has 0 saturated carbocycles. The average Bonchev–Trinajstić information content (AvgIpc) is 2.92. The summed E-state index contributed by atoms with van der Waals surface area (Å²) in [6.07, 6.45) is 1.72. The standard InChI is InChI=1S/C12H13N3O4/c1-18-9-4-2-3-8(11(9)16)12(17)13-6-5-10-14-7-15-19-10/h2-4,7,16H,5-6H2,1H3,(H,13,17). The van der Waals surface area contributed by atoms with Crippen LogP contribution >= 0.6 is 0 Å². The van der Waals surface area contributed by atoms with Crippen molar-refractivity contribution in [3.05, 3.63) is 36.0 Å². The third-order valence-electron chi connectivity index (χ3n) is 2.49. The van der Waals surface area contributed by atoms with Crippen LogP contribution in [-0.2, 0) is 6.42 Å². The van der Waals surface area contributed by atoms with Crippen molar-refractivity contribution < 1.29 is 19.2 Å². The van der Waals surface area contributed by atoms with Crippen LogP contribution in [0.1, 0.15) is 16.2 Å². The zero-order valence-electron chi connectivity index (χ0n) is 10.3. The van der Waals surface area contributed by atoms with Gasteiger partial charge in [0.1, 0.15) is 0 Å². The van der Waals surface area contributed by atoms with Crippen LogP contribution in [0.15, 0.2) is 29.0 Å². The highest BCUT2D eigenvalue weighted by atomic mass is 16.5. The number of phenolic OH excluding ortho intramolecular Hbond substituents is 1. The van der Waals surface area contributed by atoms with Gasteiger partial charge in [0.25, 0.3) is 5.91 Å². The number of rotatable bonds is 5. The summed E-state index contributed by atoms with van der Waals surface area (Å²) in [5, 5.41) is 15.9. The van der Waals surface area contributed by atoms with Crippen molar-refractivity contribution in [1.82, 2.24) is 15.5 Å². The van der Waals surface area contributed by atoms with Crippen LogP contribution in [0.25, 0.3) is 0 Å². The number of nitrogens with zero attached hydrogens (tertiary/aromatic N) is 2. The third-order valence-corrected chi connectivity index (χ3v) is 2.49. The first-order valence-corrected chi connectivity index (χ1v) is 5.62. The van der Waals surface area contributed by atoms with Gasteiger partial charge in [-0.25, -0.2) is 0 Å². The Morgan fingerprint density at radius 3 is 3.05 bits per heavy atom. The van der Waals surface area contributed by atoms with Crippen molar-refractivity contribution in [3.8, 4) is 11.5 Å². The first-order valence-electron chi connectivity index (χ1n) is 5.62. The minimum atomic E-state index is -0.393. The molecule has 1 aromatic carbocycles. The number of para-hydroxylation sites is 1. The normalized spacial score (nSPS) is 10.2. The molecule has 0 aliphatic rings. The minimum absolute atomic E-state index is 0.157. The zero-order valence-corrected chi connectivity index (χ0v) is 10.3. The molecule has 7 nitrogen and oxygen atoms in total. The van der Waals surface area contributed by atoms with E-state index in [1.165, 1.54) is 19.5 Å². The zero-order chi connectivity index (χ0) is 13.7. The lowest BCUT2D eigenvalue weighted by Gasteiger charge is -2.08. The number of nitrogens with one attached hydrogen (secondary N) is 1. The lowest BCUT2D eigenvalue weighted by Crippen LogP contribution is -2.25. The molecule has 7 heteroatoms. The highest BCUT2D eigenvalue weighted by Gasteiger charge is 2.14. The van der Waals surface area contributed by atoms with Crippen molar-refractivity contribution in [3.63, 3.8) is 0 Å². The molecule has 0 radical (unpaired) electrons. The molecule has 0 fully saturated rings. The van der Waals surface area contributed by atoms with E-state index in [9.17, 15) is 9.90 Å². The summed E-state index contributed by atoms with van der Waals surface area (Å²) in [5.74, 6) is 0.121. The summed E-state index contributed by atoms with van der Waals surface area (Å²) in [6, 6.07) is 4.72. The molecule has 0 saturated heterocycles. The third kappa shape index (κ3) is 3.01. The fourth-order valence-electron chi connectivity index (χ4n) is 1.55. The molecule has 2 rings (SSSR count). The van der Waals surface area contributed by atoms with Gasteiger partial charge in [-0.15, -0.1) is 0 Å². The summed E-state index contributed by atoms with van der Waals surface area (Å²) in [7, 11) is 1.42. The van der Waals surface area contributed by atoms with E-state index in [1.807, 2.05) is 0 Å². The van der Waals surface area contributed by atoms with Crippen LogP contribution in [-0.4, -0.2) is 34.8 Å². The number of aromatic hydroxyl groups is 1. The number of carbonyl (C=O) groups excluding carboxylic acids is 1. The van der Waals surface area contributed by atoms with Gasteiger partial charge in [-0.3, -0.25) is 4.79 Å². The summed E-state index contributed by atoms with van der Waals surface area (Å²) in [6.45, 7) is 0.331. The van der Waals surface area contributed by atoms with Crippen LogP contribution in [0, 0.1) is 0 Å². The number of amides is 1. The second kappa shape index (κ2) is 5.85. The Kier molecular flexibility index (Phi) is 3.97. The van der Waals surface area contributed by atoms with Crippen LogP contribution < -0.4 is 10.1 Å². The van der Waals surface area contributed by atoms with Crippen LogP contribution in [0.5, 0.6) is 11.5 Å². The molecule has 0 aliphatic heterocycles. The summed E-state index contributed by atoms with van der Waals surface area (Å²) < 4.78 is 9.74. The highest BCUT2D eigenvalue weighted by molar-refractivity contribution is 5.97. The van der Waals surface area contributed by atoms with Gasteiger partial charge in [-0.05, 0) is 12.1 Å². The monoisotopic (exact) mass is 263 g/mol. The Hall–Kier alpha value is -2.57. The van der Waals surface area contributed by atoms with Crippen molar-refractivity contribution in [2.24, 2.45) is 0 Å². The number of ether oxygens (including phenoxy) is 1. The molecule has 0 aliphatic carbocycles. The maximum Gasteiger partial charge on any atom is 0.255 e. The maximum absolute atomic E-state index is 11.9. The predicted octanol–water partition coefficient (Wildman–Crippen LogP) is 0.756. The summed E-state index contributed by atoms with van der Waals surface area (Å²) in [5.41, 5.74) is 0.157. The second-order valence-electron chi connectivity index (χ2n) is 3.70. The van der Waals surface area contributed by atoms with Crippen LogP contribution in [0.2, 0.25) is 0 Å². The van der Waals surface area contributed by atoms with Gasteiger partial charge >= 0.3 is 0 Å². The molecule has 2 aromatic rings. The van der Waals surface area contributed by atoms with E-state index >= 15 is 0 Å². The van der Waals surface area contributed by atoms with Crippen molar-refractivity contribution in [1.29, 1.82) is 0 Å². The van der Waals surface area contributed by atoms with Crippen molar-refractivity contribution >= 4 is 5.91 Å². The van der Waals surface area contributed by atoms with Gasteiger partial charge in [0, 0.05) is 13.0 Å². The Morgan fingerprint density at radius 2 is 2.37 bits per heavy atom. The molecule has 1 heterocycles. The van der Waals surface area contributed by atoms with Gasteiger partial charge in [-0.2, -0.15) is 4.98 Å². The largest absolute Gasteiger partial charge is 0.504 e. The second-order valence-corrected chi connectivity index (χ2v) is 3.70. The highest BCUT2D eigenvalue weighted by Crippen LogP contribution is 2.29.